The standard InChI is InChI=1S/C27H50O6/c1-7-10-20(4)13-16-23(29)26(32,19-28)27(33,24(30)17-14-21(5)11-8-2)25(31)18-15-22(6)12-9-3/h20-22,28,32-33H,7-19H2,1-6H3. The van der Waals surface area contributed by atoms with E-state index in [9.17, 15) is 29.7 Å². The van der Waals surface area contributed by atoms with Crippen LogP contribution in [0.15, 0.2) is 0 Å². The number of carbonyl (C=O) groups excluding carboxylic acids is 3. The van der Waals surface area contributed by atoms with E-state index in [1.165, 1.54) is 0 Å². The lowest BCUT2D eigenvalue weighted by molar-refractivity contribution is -0.194. The molecule has 0 aliphatic heterocycles. The van der Waals surface area contributed by atoms with Crippen molar-refractivity contribution in [1.29, 1.82) is 0 Å². The second kappa shape index (κ2) is 15.7. The topological polar surface area (TPSA) is 112 Å². The number of hydrogen-bond acceptors (Lipinski definition) is 6. The summed E-state index contributed by atoms with van der Waals surface area (Å²) in [5.74, 6) is -1.96. The van der Waals surface area contributed by atoms with E-state index in [2.05, 4.69) is 0 Å². The molecule has 0 radical (unpaired) electrons. The van der Waals surface area contributed by atoms with Crippen LogP contribution in [-0.4, -0.2) is 50.5 Å². The Morgan fingerprint density at radius 3 is 1.18 bits per heavy atom. The number of aliphatic hydroxyl groups is 3. The zero-order valence-electron chi connectivity index (χ0n) is 22.0. The van der Waals surface area contributed by atoms with Crippen molar-refractivity contribution < 1.29 is 29.7 Å². The third-order valence-corrected chi connectivity index (χ3v) is 7.03. The van der Waals surface area contributed by atoms with E-state index in [4.69, 9.17) is 0 Å². The summed E-state index contributed by atoms with van der Waals surface area (Å²) in [5, 5.41) is 32.7. The van der Waals surface area contributed by atoms with Gasteiger partial charge in [-0.25, -0.2) is 0 Å². The molecule has 3 N–H and O–H groups in total. The first kappa shape index (κ1) is 31.9. The number of hydrogen-bond donors (Lipinski definition) is 3. The van der Waals surface area contributed by atoms with Gasteiger partial charge in [-0.2, -0.15) is 0 Å². The molecule has 194 valence electrons. The summed E-state index contributed by atoms with van der Waals surface area (Å²) in [5.41, 5.74) is -5.75. The summed E-state index contributed by atoms with van der Waals surface area (Å²) in [6.07, 6.45) is 6.50. The lowest BCUT2D eigenvalue weighted by atomic mass is 9.70. The summed E-state index contributed by atoms with van der Waals surface area (Å²) in [7, 11) is 0. The molecule has 0 rings (SSSR count). The maximum atomic E-state index is 13.2. The second-order valence-corrected chi connectivity index (χ2v) is 10.3. The molecule has 0 spiro atoms. The molecule has 6 heteroatoms. The lowest BCUT2D eigenvalue weighted by Crippen LogP contribution is -2.69. The number of rotatable bonds is 20. The molecule has 0 heterocycles. The SMILES string of the molecule is CCCC(C)CCC(=O)C(O)(CO)C(O)(C(=O)CCC(C)CCC)C(=O)CCC(C)CCC. The van der Waals surface area contributed by atoms with Gasteiger partial charge >= 0.3 is 0 Å². The van der Waals surface area contributed by atoms with E-state index in [1.54, 1.807) is 0 Å². The zero-order chi connectivity index (χ0) is 25.7. The van der Waals surface area contributed by atoms with E-state index in [1.807, 2.05) is 41.5 Å². The fourth-order valence-corrected chi connectivity index (χ4v) is 4.63. The predicted octanol–water partition coefficient (Wildman–Crippen LogP) is 4.80. The van der Waals surface area contributed by atoms with Crippen LogP contribution >= 0.6 is 0 Å². The summed E-state index contributed by atoms with van der Waals surface area (Å²) >= 11 is 0. The molecule has 0 bridgehead atoms. The van der Waals surface area contributed by atoms with Gasteiger partial charge in [0.15, 0.2) is 23.0 Å². The third-order valence-electron chi connectivity index (χ3n) is 7.03. The van der Waals surface area contributed by atoms with Crippen LogP contribution < -0.4 is 0 Å². The van der Waals surface area contributed by atoms with Crippen LogP contribution in [0.25, 0.3) is 0 Å². The number of ketones is 3. The first-order chi connectivity index (χ1) is 15.4. The van der Waals surface area contributed by atoms with Gasteiger partial charge in [0, 0.05) is 19.3 Å². The minimum absolute atomic E-state index is 0.112. The molecule has 6 nitrogen and oxygen atoms in total. The number of aliphatic hydroxyl groups excluding tert-OH is 1. The van der Waals surface area contributed by atoms with Crippen molar-refractivity contribution in [2.45, 2.75) is 130 Å². The largest absolute Gasteiger partial charge is 0.393 e. The number of carbonyl (C=O) groups is 3. The molecule has 0 fully saturated rings. The van der Waals surface area contributed by atoms with Crippen LogP contribution in [0.3, 0.4) is 0 Å². The van der Waals surface area contributed by atoms with Crippen LogP contribution in [-0.2, 0) is 14.4 Å². The fraction of sp³-hybridized carbons (Fsp3) is 0.889. The van der Waals surface area contributed by atoms with Crippen molar-refractivity contribution in [2.75, 3.05) is 6.61 Å². The van der Waals surface area contributed by atoms with Crippen molar-refractivity contribution in [2.24, 2.45) is 17.8 Å². The quantitative estimate of drug-likeness (QED) is 0.220. The van der Waals surface area contributed by atoms with Crippen molar-refractivity contribution in [1.82, 2.24) is 0 Å². The van der Waals surface area contributed by atoms with Crippen LogP contribution in [0.2, 0.25) is 0 Å². The molecular weight excluding hydrogens is 420 g/mol. The minimum Gasteiger partial charge on any atom is -0.393 e. The Morgan fingerprint density at radius 2 is 0.909 bits per heavy atom. The Balaban J connectivity index is 5.88. The second-order valence-electron chi connectivity index (χ2n) is 10.3. The Kier molecular flexibility index (Phi) is 15.2. The van der Waals surface area contributed by atoms with Gasteiger partial charge in [0.25, 0.3) is 0 Å². The fourth-order valence-electron chi connectivity index (χ4n) is 4.63. The van der Waals surface area contributed by atoms with Gasteiger partial charge in [-0.1, -0.05) is 80.1 Å². The minimum atomic E-state index is -2.93. The predicted molar refractivity (Wildman–Crippen MR) is 132 cm³/mol. The molecule has 0 aromatic rings. The van der Waals surface area contributed by atoms with E-state index < -0.39 is 35.2 Å². The monoisotopic (exact) mass is 470 g/mol. The Labute approximate surface area is 201 Å². The third kappa shape index (κ3) is 9.22. The first-order valence-electron chi connectivity index (χ1n) is 13.1. The van der Waals surface area contributed by atoms with Gasteiger partial charge in [0.1, 0.15) is 0 Å². The maximum absolute atomic E-state index is 13.2. The highest BCUT2D eigenvalue weighted by atomic mass is 16.4. The normalized spacial score (nSPS) is 18.1. The van der Waals surface area contributed by atoms with E-state index >= 15 is 0 Å². The first-order valence-corrected chi connectivity index (χ1v) is 13.1. The average Bonchev–Trinajstić information content (AvgIpc) is 2.78. The van der Waals surface area contributed by atoms with Crippen molar-refractivity contribution >= 4 is 17.3 Å². The highest BCUT2D eigenvalue weighted by Gasteiger charge is 2.62. The molecule has 0 amide bonds. The Bertz CT molecular complexity index is 573. The van der Waals surface area contributed by atoms with Gasteiger partial charge in [0.05, 0.1) is 6.61 Å². The van der Waals surface area contributed by atoms with Gasteiger partial charge in [-0.3, -0.25) is 14.4 Å². The highest BCUT2D eigenvalue weighted by Crippen LogP contribution is 2.33. The average molecular weight is 471 g/mol. The van der Waals surface area contributed by atoms with Crippen LogP contribution in [0.1, 0.15) is 119 Å². The molecular formula is C27H50O6. The highest BCUT2D eigenvalue weighted by molar-refractivity contribution is 6.16. The van der Waals surface area contributed by atoms with Gasteiger partial charge in [-0.15, -0.1) is 0 Å². The molecule has 0 aromatic carbocycles. The molecule has 0 saturated heterocycles. The molecule has 0 saturated carbocycles. The molecule has 0 aliphatic carbocycles. The van der Waals surface area contributed by atoms with Crippen molar-refractivity contribution in [3.05, 3.63) is 0 Å². The van der Waals surface area contributed by atoms with E-state index in [-0.39, 0.29) is 37.0 Å². The molecule has 0 aliphatic rings. The van der Waals surface area contributed by atoms with Crippen molar-refractivity contribution in [3.8, 4) is 0 Å². The number of Topliss-reactive ketones (excluding diaryl/α,β-unsaturated/α-hetero) is 3. The Morgan fingerprint density at radius 1 is 0.606 bits per heavy atom. The molecule has 4 unspecified atom stereocenters. The molecule has 4 atom stereocenters. The van der Waals surface area contributed by atoms with E-state index in [0.29, 0.717) is 19.3 Å². The summed E-state index contributed by atoms with van der Waals surface area (Å²) in [6, 6.07) is 0. The van der Waals surface area contributed by atoms with Gasteiger partial charge < -0.3 is 15.3 Å². The summed E-state index contributed by atoms with van der Waals surface area (Å²) in [4.78, 5) is 39.6. The molecule has 0 aromatic heterocycles. The van der Waals surface area contributed by atoms with Crippen LogP contribution in [0.4, 0.5) is 0 Å². The zero-order valence-corrected chi connectivity index (χ0v) is 22.0. The van der Waals surface area contributed by atoms with Crippen LogP contribution in [0, 0.1) is 17.8 Å². The lowest BCUT2D eigenvalue weighted by Gasteiger charge is -2.39. The van der Waals surface area contributed by atoms with Gasteiger partial charge in [-0.05, 0) is 37.0 Å². The summed E-state index contributed by atoms with van der Waals surface area (Å²) in [6.45, 7) is 10.9. The summed E-state index contributed by atoms with van der Waals surface area (Å²) < 4.78 is 0. The molecule has 33 heavy (non-hydrogen) atoms. The smallest absolute Gasteiger partial charge is 0.219 e. The van der Waals surface area contributed by atoms with E-state index in [0.717, 1.165) is 38.5 Å². The maximum Gasteiger partial charge on any atom is 0.219 e. The van der Waals surface area contributed by atoms with Crippen LogP contribution in [0.5, 0.6) is 0 Å². The van der Waals surface area contributed by atoms with Crippen molar-refractivity contribution in [3.63, 3.8) is 0 Å². The van der Waals surface area contributed by atoms with Gasteiger partial charge in [0.2, 0.25) is 5.60 Å². The Hall–Kier alpha value is -1.11.